The van der Waals surface area contributed by atoms with Gasteiger partial charge in [0.05, 0.1) is 0 Å². The van der Waals surface area contributed by atoms with Gasteiger partial charge in [-0.2, -0.15) is 0 Å². The van der Waals surface area contributed by atoms with E-state index < -0.39 is 5.97 Å². The molecule has 0 amide bonds. The van der Waals surface area contributed by atoms with Crippen LogP contribution < -0.4 is 0 Å². The molecule has 0 aromatic heterocycles. The molecule has 0 aliphatic heterocycles. The number of carboxylic acids is 1. The summed E-state index contributed by atoms with van der Waals surface area (Å²) in [7, 11) is 0. The Hall–Kier alpha value is 0.260. The molecule has 0 aliphatic rings. The number of carbonyl (C=O) groups is 1. The summed E-state index contributed by atoms with van der Waals surface area (Å²) in [5.41, 5.74) is 0. The first-order valence-electron chi connectivity index (χ1n) is 3.35. The third kappa shape index (κ3) is 2.48. The molecule has 0 bridgehead atoms. The van der Waals surface area contributed by atoms with Gasteiger partial charge in [-0.3, -0.25) is 0 Å². The van der Waals surface area contributed by atoms with E-state index >= 15 is 0 Å². The van der Waals surface area contributed by atoms with E-state index in [1.165, 1.54) is 0 Å². The monoisotopic (exact) mass is 260 g/mol. The van der Waals surface area contributed by atoms with Crippen LogP contribution in [0.1, 0.15) is 26.7 Å². The molecule has 1 atom stereocenters. The summed E-state index contributed by atoms with van der Waals surface area (Å²) in [6.45, 7) is 3.89. The van der Waals surface area contributed by atoms with Crippen molar-refractivity contribution in [1.82, 2.24) is 0 Å². The van der Waals surface area contributed by atoms with E-state index in [-0.39, 0.29) is 24.4 Å². The Morgan fingerprint density at radius 1 is 1.70 bits per heavy atom. The summed E-state index contributed by atoms with van der Waals surface area (Å²) in [5.74, 6) is -0.612. The normalized spacial score (nSPS) is 16.3. The molecule has 1 N–H and O–H groups in total. The van der Waals surface area contributed by atoms with Crippen LogP contribution in [0, 0.1) is 0 Å². The number of hydrogen-bond donors (Lipinski definition) is 1. The molecule has 0 aliphatic carbocycles. The molecule has 0 radical (unpaired) electrons. The van der Waals surface area contributed by atoms with E-state index in [0.717, 1.165) is 12.8 Å². The Bertz CT molecular complexity index is 125. The quantitative estimate of drug-likeness (QED) is 0.780. The van der Waals surface area contributed by atoms with Crippen LogP contribution in [0.5, 0.6) is 0 Å². The number of rotatable bonds is 4. The molecule has 3 heteroatoms. The van der Waals surface area contributed by atoms with Gasteiger partial charge in [-0.05, 0) is 0 Å². The van der Waals surface area contributed by atoms with Crippen molar-refractivity contribution in [2.45, 2.75) is 35.1 Å². The van der Waals surface area contributed by atoms with E-state index in [9.17, 15) is 4.79 Å². The molecule has 0 rings (SSSR count). The van der Waals surface area contributed by atoms with Gasteiger partial charge < -0.3 is 0 Å². The Labute approximate surface area is 72.1 Å². The van der Waals surface area contributed by atoms with Crippen molar-refractivity contribution in [3.63, 3.8) is 0 Å². The third-order valence-corrected chi connectivity index (χ3v) is 5.28. The second-order valence-electron chi connectivity index (χ2n) is 2.49. The van der Waals surface area contributed by atoms with Crippen LogP contribution in [0.2, 0.25) is 8.43 Å². The van der Waals surface area contributed by atoms with Gasteiger partial charge in [-0.15, -0.1) is 0 Å². The second-order valence-corrected chi connectivity index (χ2v) is 6.23. The summed E-state index contributed by atoms with van der Waals surface area (Å²) in [6, 6.07) is 0. The first-order valence-corrected chi connectivity index (χ1v) is 6.85. The first-order chi connectivity index (χ1) is 4.56. The van der Waals surface area contributed by atoms with Gasteiger partial charge in [-0.25, -0.2) is 0 Å². The molecule has 1 unspecified atom stereocenters. The summed E-state index contributed by atoms with van der Waals surface area (Å²) >= 11 is -0.353. The Morgan fingerprint density at radius 3 is 2.30 bits per heavy atom. The van der Waals surface area contributed by atoms with Gasteiger partial charge in [0, 0.05) is 0 Å². The van der Waals surface area contributed by atoms with Crippen molar-refractivity contribution < 1.29 is 9.90 Å². The average Bonchev–Trinajstić information content (AvgIpc) is 1.88. The van der Waals surface area contributed by atoms with Crippen LogP contribution in [0.15, 0.2) is 0 Å². The summed E-state index contributed by atoms with van der Waals surface area (Å²) in [6.07, 6.45) is 1.81. The van der Waals surface area contributed by atoms with Crippen LogP contribution in [-0.2, 0) is 4.79 Å². The SMILES string of the molecule is CCCC(C)([Te]C)C(=O)O. The van der Waals surface area contributed by atoms with Gasteiger partial charge in [0.2, 0.25) is 0 Å². The van der Waals surface area contributed by atoms with Crippen molar-refractivity contribution in [3.8, 4) is 0 Å². The van der Waals surface area contributed by atoms with E-state index in [4.69, 9.17) is 5.11 Å². The predicted octanol–water partition coefficient (Wildman–Crippen LogP) is 1.80. The molecule has 10 heavy (non-hydrogen) atoms. The fourth-order valence-electron chi connectivity index (χ4n) is 0.773. The summed E-state index contributed by atoms with van der Waals surface area (Å²) < 4.78 is -0.361. The standard InChI is InChI=1S/C7H14O2Te/c1-4-5-7(2,10-3)6(8)9/h4-5H2,1-3H3,(H,8,9). The van der Waals surface area contributed by atoms with Gasteiger partial charge >= 0.3 is 71.9 Å². The van der Waals surface area contributed by atoms with Gasteiger partial charge in [-0.1, -0.05) is 0 Å². The number of hydrogen-bond acceptors (Lipinski definition) is 1. The van der Waals surface area contributed by atoms with E-state index in [2.05, 4.69) is 4.97 Å². The molecule has 0 spiro atoms. The van der Waals surface area contributed by atoms with E-state index in [0.29, 0.717) is 0 Å². The van der Waals surface area contributed by atoms with Crippen LogP contribution >= 0.6 is 0 Å². The molecule has 0 aromatic rings. The summed E-state index contributed by atoms with van der Waals surface area (Å²) in [4.78, 5) is 12.7. The zero-order valence-electron chi connectivity index (χ0n) is 6.68. The Kier molecular flexibility index (Phi) is 4.31. The first kappa shape index (κ1) is 10.3. The molecule has 0 fully saturated rings. The Balaban J connectivity index is 4.08. The summed E-state index contributed by atoms with van der Waals surface area (Å²) in [5, 5.41) is 8.80. The van der Waals surface area contributed by atoms with Crippen LogP contribution in [0.4, 0.5) is 0 Å². The van der Waals surface area contributed by atoms with Crippen molar-refractivity contribution in [2.24, 2.45) is 0 Å². The molecule has 2 nitrogen and oxygen atoms in total. The fourth-order valence-corrected chi connectivity index (χ4v) is 2.44. The fraction of sp³-hybridized carbons (Fsp3) is 0.857. The zero-order chi connectivity index (χ0) is 8.20. The maximum atomic E-state index is 10.7. The minimum absolute atomic E-state index is 0.353. The van der Waals surface area contributed by atoms with Gasteiger partial charge in [0.1, 0.15) is 0 Å². The second kappa shape index (κ2) is 4.20. The zero-order valence-corrected chi connectivity index (χ0v) is 9.01. The molecule has 0 saturated heterocycles. The van der Waals surface area contributed by atoms with Crippen molar-refractivity contribution in [3.05, 3.63) is 0 Å². The van der Waals surface area contributed by atoms with Gasteiger partial charge in [0.15, 0.2) is 0 Å². The van der Waals surface area contributed by atoms with Crippen LogP contribution in [0.3, 0.4) is 0 Å². The molecule has 60 valence electrons. The number of carboxylic acid groups (broad SMARTS) is 1. The van der Waals surface area contributed by atoms with Crippen molar-refractivity contribution in [1.29, 1.82) is 0 Å². The number of aliphatic carboxylic acids is 1. The molecular formula is C7H14O2Te. The molecule has 0 aromatic carbocycles. The van der Waals surface area contributed by atoms with E-state index in [1.54, 1.807) is 0 Å². The Morgan fingerprint density at radius 2 is 2.20 bits per heavy atom. The maximum absolute atomic E-state index is 10.7. The van der Waals surface area contributed by atoms with Gasteiger partial charge in [0.25, 0.3) is 0 Å². The third-order valence-electron chi connectivity index (χ3n) is 1.63. The van der Waals surface area contributed by atoms with E-state index in [1.807, 2.05) is 13.8 Å². The molecule has 0 saturated carbocycles. The minimum atomic E-state index is -0.612. The van der Waals surface area contributed by atoms with Crippen LogP contribution in [-0.4, -0.2) is 32.0 Å². The van der Waals surface area contributed by atoms with Crippen LogP contribution in [0.25, 0.3) is 0 Å². The van der Waals surface area contributed by atoms with Crippen molar-refractivity contribution in [2.75, 3.05) is 0 Å². The average molecular weight is 258 g/mol. The van der Waals surface area contributed by atoms with Crippen molar-refractivity contribution >= 4 is 26.9 Å². The predicted molar refractivity (Wildman–Crippen MR) is 42.5 cm³/mol. The molecule has 0 heterocycles. The topological polar surface area (TPSA) is 37.3 Å². The molecular weight excluding hydrogens is 244 g/mol.